The number of methoxy groups -OCH3 is 1. The zero-order chi connectivity index (χ0) is 12.3. The first-order valence-corrected chi connectivity index (χ1v) is 5.48. The van der Waals surface area contributed by atoms with Gasteiger partial charge in [0.2, 0.25) is 11.7 Å². The van der Waals surface area contributed by atoms with E-state index in [9.17, 15) is 4.79 Å². The molecule has 0 radical (unpaired) electrons. The molecule has 2 heterocycles. The molecule has 0 aliphatic rings. The summed E-state index contributed by atoms with van der Waals surface area (Å²) in [6.07, 6.45) is 3.22. The van der Waals surface area contributed by atoms with E-state index in [2.05, 4.69) is 35.8 Å². The fourth-order valence-electron chi connectivity index (χ4n) is 1.17. The minimum absolute atomic E-state index is 0.0368. The number of ether oxygens (including phenoxy) is 1. The molecule has 0 atom stereocenters. The molecule has 17 heavy (non-hydrogen) atoms. The summed E-state index contributed by atoms with van der Waals surface area (Å²) in [5.41, 5.74) is 0.708. The van der Waals surface area contributed by atoms with Crippen LogP contribution in [-0.4, -0.2) is 28.2 Å². The molecular formula is C10H8BrN3O3. The number of hydrogen-bond acceptors (Lipinski definition) is 6. The Morgan fingerprint density at radius 3 is 3.06 bits per heavy atom. The molecule has 0 aliphatic carbocycles. The van der Waals surface area contributed by atoms with Crippen LogP contribution in [0, 0.1) is 0 Å². The van der Waals surface area contributed by atoms with Crippen molar-refractivity contribution >= 4 is 21.9 Å². The molecule has 0 saturated heterocycles. The molecule has 6 nitrogen and oxygen atoms in total. The Balaban J connectivity index is 2.21. The highest BCUT2D eigenvalue weighted by Gasteiger charge is 2.12. The number of rotatable bonds is 3. The van der Waals surface area contributed by atoms with Crippen LogP contribution >= 0.6 is 15.9 Å². The van der Waals surface area contributed by atoms with E-state index in [0.717, 1.165) is 4.47 Å². The first-order chi connectivity index (χ1) is 8.19. The number of hydrogen-bond donors (Lipinski definition) is 0. The predicted molar refractivity (Wildman–Crippen MR) is 60.9 cm³/mol. The van der Waals surface area contributed by atoms with Gasteiger partial charge in [0.05, 0.1) is 7.11 Å². The molecule has 2 rings (SSSR count). The Morgan fingerprint density at radius 1 is 1.53 bits per heavy atom. The molecule has 0 amide bonds. The summed E-state index contributed by atoms with van der Waals surface area (Å²) in [5, 5.41) is 3.76. The van der Waals surface area contributed by atoms with Crippen LogP contribution in [0.4, 0.5) is 0 Å². The van der Waals surface area contributed by atoms with E-state index in [1.807, 2.05) is 0 Å². The monoisotopic (exact) mass is 297 g/mol. The molecule has 0 N–H and O–H groups in total. The van der Waals surface area contributed by atoms with Crippen molar-refractivity contribution in [3.63, 3.8) is 0 Å². The standard InChI is InChI=1S/C10H8BrN3O3/c1-16-9(15)3-8-13-10(14-17-8)6-2-7(11)5-12-4-6/h2,4-5H,3H2,1H3. The number of esters is 1. The van der Waals surface area contributed by atoms with Crippen LogP contribution in [0.25, 0.3) is 11.4 Å². The zero-order valence-corrected chi connectivity index (χ0v) is 10.5. The van der Waals surface area contributed by atoms with Crippen molar-refractivity contribution in [3.8, 4) is 11.4 Å². The molecule has 0 fully saturated rings. The smallest absolute Gasteiger partial charge is 0.315 e. The Morgan fingerprint density at radius 2 is 2.35 bits per heavy atom. The first-order valence-electron chi connectivity index (χ1n) is 4.69. The maximum atomic E-state index is 11.0. The lowest BCUT2D eigenvalue weighted by molar-refractivity contribution is -0.140. The second-order valence-electron chi connectivity index (χ2n) is 3.16. The molecule has 88 valence electrons. The summed E-state index contributed by atoms with van der Waals surface area (Å²) in [5.74, 6) is 0.178. The Bertz CT molecular complexity index is 541. The first kappa shape index (κ1) is 11.7. The van der Waals surface area contributed by atoms with Crippen LogP contribution in [0.3, 0.4) is 0 Å². The number of carbonyl (C=O) groups excluding carboxylic acids is 1. The third-order valence-electron chi connectivity index (χ3n) is 1.95. The van der Waals surface area contributed by atoms with E-state index in [-0.39, 0.29) is 12.3 Å². The fraction of sp³-hybridized carbons (Fsp3) is 0.200. The average molecular weight is 298 g/mol. The molecule has 2 aromatic rings. The quantitative estimate of drug-likeness (QED) is 0.801. The molecule has 0 unspecified atom stereocenters. The number of aromatic nitrogens is 3. The van der Waals surface area contributed by atoms with E-state index in [4.69, 9.17) is 4.52 Å². The fourth-order valence-corrected chi connectivity index (χ4v) is 1.54. The summed E-state index contributed by atoms with van der Waals surface area (Å²) in [6, 6.07) is 1.81. The maximum Gasteiger partial charge on any atom is 0.315 e. The van der Waals surface area contributed by atoms with Gasteiger partial charge in [-0.1, -0.05) is 5.16 Å². The highest BCUT2D eigenvalue weighted by Crippen LogP contribution is 2.18. The van der Waals surface area contributed by atoms with Crippen molar-refractivity contribution in [2.24, 2.45) is 0 Å². The van der Waals surface area contributed by atoms with Crippen LogP contribution in [0.5, 0.6) is 0 Å². The summed E-state index contributed by atoms with van der Waals surface area (Å²) < 4.78 is 10.2. The van der Waals surface area contributed by atoms with E-state index in [0.29, 0.717) is 11.4 Å². The van der Waals surface area contributed by atoms with E-state index >= 15 is 0 Å². The van der Waals surface area contributed by atoms with Crippen LogP contribution in [0.2, 0.25) is 0 Å². The van der Waals surface area contributed by atoms with Gasteiger partial charge in [0.1, 0.15) is 6.42 Å². The Hall–Kier alpha value is -1.76. The topological polar surface area (TPSA) is 78.1 Å². The van der Waals surface area contributed by atoms with Gasteiger partial charge in [-0.05, 0) is 22.0 Å². The molecular weight excluding hydrogens is 290 g/mol. The minimum Gasteiger partial charge on any atom is -0.469 e. The normalized spacial score (nSPS) is 10.2. The summed E-state index contributed by atoms with van der Waals surface area (Å²) in [7, 11) is 1.30. The van der Waals surface area contributed by atoms with Crippen LogP contribution < -0.4 is 0 Å². The molecule has 0 spiro atoms. The molecule has 0 aromatic carbocycles. The lowest BCUT2D eigenvalue weighted by Crippen LogP contribution is -2.04. The highest BCUT2D eigenvalue weighted by atomic mass is 79.9. The van der Waals surface area contributed by atoms with Crippen molar-refractivity contribution in [3.05, 3.63) is 28.8 Å². The van der Waals surface area contributed by atoms with Crippen LogP contribution in [0.1, 0.15) is 5.89 Å². The third-order valence-corrected chi connectivity index (χ3v) is 2.39. The summed E-state index contributed by atoms with van der Waals surface area (Å²) in [6.45, 7) is 0. The Kier molecular flexibility index (Phi) is 3.48. The number of halogens is 1. The van der Waals surface area contributed by atoms with Crippen molar-refractivity contribution < 1.29 is 14.1 Å². The second kappa shape index (κ2) is 5.05. The molecule has 0 aliphatic heterocycles. The van der Waals surface area contributed by atoms with Gasteiger partial charge in [0, 0.05) is 22.4 Å². The summed E-state index contributed by atoms with van der Waals surface area (Å²) >= 11 is 3.29. The molecule has 0 bridgehead atoms. The highest BCUT2D eigenvalue weighted by molar-refractivity contribution is 9.10. The lowest BCUT2D eigenvalue weighted by Gasteiger charge is -1.93. The van der Waals surface area contributed by atoms with E-state index in [1.54, 1.807) is 18.5 Å². The number of nitrogens with zero attached hydrogens (tertiary/aromatic N) is 3. The van der Waals surface area contributed by atoms with Gasteiger partial charge < -0.3 is 9.26 Å². The van der Waals surface area contributed by atoms with Gasteiger partial charge >= 0.3 is 5.97 Å². The van der Waals surface area contributed by atoms with Gasteiger partial charge in [-0.25, -0.2) is 0 Å². The minimum atomic E-state index is -0.424. The lowest BCUT2D eigenvalue weighted by atomic mass is 10.3. The number of pyridine rings is 1. The van der Waals surface area contributed by atoms with Gasteiger partial charge in [-0.3, -0.25) is 9.78 Å². The third kappa shape index (κ3) is 2.88. The van der Waals surface area contributed by atoms with E-state index < -0.39 is 5.97 Å². The van der Waals surface area contributed by atoms with Crippen molar-refractivity contribution in [1.82, 2.24) is 15.1 Å². The van der Waals surface area contributed by atoms with Crippen molar-refractivity contribution in [2.75, 3.05) is 7.11 Å². The van der Waals surface area contributed by atoms with Crippen molar-refractivity contribution in [1.29, 1.82) is 0 Å². The van der Waals surface area contributed by atoms with Gasteiger partial charge in [-0.2, -0.15) is 4.98 Å². The van der Waals surface area contributed by atoms with Crippen molar-refractivity contribution in [2.45, 2.75) is 6.42 Å². The van der Waals surface area contributed by atoms with Crippen LogP contribution in [0.15, 0.2) is 27.5 Å². The second-order valence-corrected chi connectivity index (χ2v) is 4.07. The van der Waals surface area contributed by atoms with Crippen LogP contribution in [-0.2, 0) is 16.0 Å². The van der Waals surface area contributed by atoms with Gasteiger partial charge in [-0.15, -0.1) is 0 Å². The SMILES string of the molecule is COC(=O)Cc1nc(-c2cncc(Br)c2)no1. The van der Waals surface area contributed by atoms with Gasteiger partial charge in [0.25, 0.3) is 0 Å². The zero-order valence-electron chi connectivity index (χ0n) is 8.88. The predicted octanol–water partition coefficient (Wildman–Crippen LogP) is 1.61. The molecule has 7 heteroatoms. The van der Waals surface area contributed by atoms with Gasteiger partial charge in [0.15, 0.2) is 0 Å². The largest absolute Gasteiger partial charge is 0.469 e. The number of carbonyl (C=O) groups is 1. The van der Waals surface area contributed by atoms with E-state index in [1.165, 1.54) is 7.11 Å². The molecule has 2 aromatic heterocycles. The Labute approximate surface area is 105 Å². The average Bonchev–Trinajstić information content (AvgIpc) is 2.77. The molecule has 0 saturated carbocycles. The maximum absolute atomic E-state index is 11.0. The summed E-state index contributed by atoms with van der Waals surface area (Å²) in [4.78, 5) is 19.1.